The number of rotatable bonds is 5. The minimum Gasteiger partial charge on any atom is -0.489 e. The maximum absolute atomic E-state index is 11.4. The third kappa shape index (κ3) is 3.24. The molecule has 0 aliphatic heterocycles. The Morgan fingerprint density at radius 3 is 2.87 bits per heavy atom. The van der Waals surface area contributed by atoms with Crippen LogP contribution in [0.1, 0.15) is 24.2 Å². The maximum Gasteiger partial charge on any atom is 0.248 e. The second-order valence-electron chi connectivity index (χ2n) is 5.22. The molecule has 3 aromatic rings. The monoisotopic (exact) mass is 328 g/mol. The number of nitrogens with two attached hydrogens (primary N) is 1. The summed E-state index contributed by atoms with van der Waals surface area (Å²) < 4.78 is 6.75. The number of primary amides is 1. The summed E-state index contributed by atoms with van der Waals surface area (Å²) in [5.41, 5.74) is 7.34. The molecule has 23 heavy (non-hydrogen) atoms. The number of hydrogen-bond donors (Lipinski definition) is 2. The largest absolute Gasteiger partial charge is 0.489 e. The Morgan fingerprint density at radius 2 is 2.13 bits per heavy atom. The van der Waals surface area contributed by atoms with Crippen LogP contribution in [0, 0.1) is 0 Å². The second kappa shape index (κ2) is 6.21. The van der Waals surface area contributed by atoms with Crippen LogP contribution in [0.4, 0.5) is 11.5 Å². The Balaban J connectivity index is 2.01. The molecule has 3 N–H and O–H groups in total. The maximum atomic E-state index is 11.4. The SMILES string of the molecule is CC(C)Oc1cc(C(N)=O)ccc1Nc1ncnc2ccsc12. The molecule has 2 aromatic heterocycles. The Labute approximate surface area is 137 Å². The molecule has 0 saturated heterocycles. The molecule has 0 bridgehead atoms. The van der Waals surface area contributed by atoms with E-state index in [9.17, 15) is 4.79 Å². The van der Waals surface area contributed by atoms with Crippen molar-refractivity contribution in [1.82, 2.24) is 9.97 Å². The van der Waals surface area contributed by atoms with Gasteiger partial charge >= 0.3 is 0 Å². The summed E-state index contributed by atoms with van der Waals surface area (Å²) in [7, 11) is 0. The molecule has 2 heterocycles. The van der Waals surface area contributed by atoms with Crippen LogP contribution in [0.15, 0.2) is 36.0 Å². The fraction of sp³-hybridized carbons (Fsp3) is 0.188. The van der Waals surface area contributed by atoms with Gasteiger partial charge in [0.05, 0.1) is 22.0 Å². The number of nitrogens with one attached hydrogen (secondary N) is 1. The highest BCUT2D eigenvalue weighted by atomic mass is 32.1. The lowest BCUT2D eigenvalue weighted by Crippen LogP contribution is -2.13. The van der Waals surface area contributed by atoms with Crippen molar-refractivity contribution in [3.05, 3.63) is 41.5 Å². The molecule has 0 saturated carbocycles. The third-order valence-corrected chi connectivity index (χ3v) is 4.04. The van der Waals surface area contributed by atoms with E-state index >= 15 is 0 Å². The highest BCUT2D eigenvalue weighted by Gasteiger charge is 2.12. The zero-order valence-corrected chi connectivity index (χ0v) is 13.6. The molecule has 0 radical (unpaired) electrons. The molecule has 0 unspecified atom stereocenters. The van der Waals surface area contributed by atoms with E-state index in [0.29, 0.717) is 17.1 Å². The lowest BCUT2D eigenvalue weighted by molar-refractivity contribution is 0.0999. The number of amides is 1. The molecule has 0 aliphatic carbocycles. The topological polar surface area (TPSA) is 90.1 Å². The smallest absolute Gasteiger partial charge is 0.248 e. The molecule has 0 atom stereocenters. The Morgan fingerprint density at radius 1 is 1.30 bits per heavy atom. The molecule has 118 valence electrons. The summed E-state index contributed by atoms with van der Waals surface area (Å²) in [5.74, 6) is 0.762. The Bertz CT molecular complexity index is 860. The van der Waals surface area contributed by atoms with Gasteiger partial charge in [0.15, 0.2) is 5.82 Å². The number of fused-ring (bicyclic) bond motifs is 1. The minimum atomic E-state index is -0.493. The first-order valence-corrected chi connectivity index (χ1v) is 7.98. The molecule has 7 heteroatoms. The summed E-state index contributed by atoms with van der Waals surface area (Å²) in [4.78, 5) is 19.9. The normalized spacial score (nSPS) is 10.9. The molecule has 1 aromatic carbocycles. The van der Waals surface area contributed by atoms with Gasteiger partial charge in [0.2, 0.25) is 5.91 Å². The van der Waals surface area contributed by atoms with Crippen molar-refractivity contribution in [1.29, 1.82) is 0 Å². The first kappa shape index (κ1) is 15.2. The van der Waals surface area contributed by atoms with Crippen LogP contribution in [-0.4, -0.2) is 22.0 Å². The lowest BCUT2D eigenvalue weighted by Gasteiger charge is -2.16. The number of thiophene rings is 1. The molecule has 0 fully saturated rings. The number of ether oxygens (including phenoxy) is 1. The lowest BCUT2D eigenvalue weighted by atomic mass is 10.1. The minimum absolute atomic E-state index is 0.0363. The number of aromatic nitrogens is 2. The van der Waals surface area contributed by atoms with Crippen LogP contribution in [0.25, 0.3) is 10.2 Å². The van der Waals surface area contributed by atoms with Gasteiger partial charge in [-0.15, -0.1) is 11.3 Å². The van der Waals surface area contributed by atoms with Gasteiger partial charge in [0.25, 0.3) is 0 Å². The van der Waals surface area contributed by atoms with Crippen molar-refractivity contribution in [3.63, 3.8) is 0 Å². The van der Waals surface area contributed by atoms with Gasteiger partial charge in [-0.1, -0.05) is 0 Å². The average Bonchev–Trinajstić information content (AvgIpc) is 2.97. The van der Waals surface area contributed by atoms with Gasteiger partial charge in [-0.25, -0.2) is 9.97 Å². The fourth-order valence-corrected chi connectivity index (χ4v) is 2.93. The standard InChI is InChI=1S/C16H16N4O2S/c1-9(2)22-13-7-10(15(17)21)3-4-11(13)20-16-14-12(5-6-23-14)18-8-19-16/h3-9H,1-2H3,(H2,17,21)(H,18,19,20). The van der Waals surface area contributed by atoms with Crippen molar-refractivity contribution >= 4 is 39.0 Å². The summed E-state index contributed by atoms with van der Waals surface area (Å²) in [6.07, 6.45) is 1.48. The molecule has 1 amide bonds. The second-order valence-corrected chi connectivity index (χ2v) is 6.14. The molecular weight excluding hydrogens is 312 g/mol. The zero-order valence-electron chi connectivity index (χ0n) is 12.7. The van der Waals surface area contributed by atoms with Gasteiger partial charge < -0.3 is 15.8 Å². The van der Waals surface area contributed by atoms with Crippen LogP contribution in [0.3, 0.4) is 0 Å². The number of carbonyl (C=O) groups excluding carboxylic acids is 1. The molecular formula is C16H16N4O2S. The summed E-state index contributed by atoms with van der Waals surface area (Å²) in [5, 5.41) is 5.22. The van der Waals surface area contributed by atoms with Gasteiger partial charge in [-0.2, -0.15) is 0 Å². The number of hydrogen-bond acceptors (Lipinski definition) is 6. The van der Waals surface area contributed by atoms with Crippen molar-refractivity contribution in [2.45, 2.75) is 20.0 Å². The average molecular weight is 328 g/mol. The van der Waals surface area contributed by atoms with E-state index in [1.165, 1.54) is 6.33 Å². The van der Waals surface area contributed by atoms with E-state index in [4.69, 9.17) is 10.5 Å². The summed E-state index contributed by atoms with van der Waals surface area (Å²) >= 11 is 1.56. The zero-order chi connectivity index (χ0) is 16.4. The fourth-order valence-electron chi connectivity index (χ4n) is 2.14. The van der Waals surface area contributed by atoms with Gasteiger partial charge in [0, 0.05) is 5.56 Å². The van der Waals surface area contributed by atoms with E-state index < -0.39 is 5.91 Å². The number of carbonyl (C=O) groups is 1. The van der Waals surface area contributed by atoms with Crippen molar-refractivity contribution in [2.75, 3.05) is 5.32 Å². The van der Waals surface area contributed by atoms with Crippen LogP contribution in [-0.2, 0) is 0 Å². The summed E-state index contributed by atoms with van der Waals surface area (Å²) in [6.45, 7) is 3.84. The van der Waals surface area contributed by atoms with E-state index in [-0.39, 0.29) is 6.10 Å². The van der Waals surface area contributed by atoms with E-state index in [1.807, 2.05) is 25.3 Å². The Kier molecular flexibility index (Phi) is 4.12. The first-order chi connectivity index (χ1) is 11.0. The Hall–Kier alpha value is -2.67. The van der Waals surface area contributed by atoms with Crippen LogP contribution >= 0.6 is 11.3 Å². The number of benzene rings is 1. The molecule has 0 spiro atoms. The highest BCUT2D eigenvalue weighted by Crippen LogP contribution is 2.33. The van der Waals surface area contributed by atoms with Gasteiger partial charge in [-0.05, 0) is 43.5 Å². The van der Waals surface area contributed by atoms with Crippen LogP contribution < -0.4 is 15.8 Å². The van der Waals surface area contributed by atoms with E-state index in [1.54, 1.807) is 29.5 Å². The molecule has 0 aliphatic rings. The van der Waals surface area contributed by atoms with Crippen molar-refractivity contribution in [3.8, 4) is 5.75 Å². The molecule has 6 nitrogen and oxygen atoms in total. The quantitative estimate of drug-likeness (QED) is 0.750. The van der Waals surface area contributed by atoms with Gasteiger partial charge in [-0.3, -0.25) is 4.79 Å². The highest BCUT2D eigenvalue weighted by molar-refractivity contribution is 7.17. The number of anilines is 2. The van der Waals surface area contributed by atoms with Crippen LogP contribution in [0.2, 0.25) is 0 Å². The van der Waals surface area contributed by atoms with Crippen LogP contribution in [0.5, 0.6) is 5.75 Å². The van der Waals surface area contributed by atoms with E-state index in [2.05, 4.69) is 15.3 Å². The molecule has 3 rings (SSSR count). The predicted molar refractivity (Wildman–Crippen MR) is 91.4 cm³/mol. The first-order valence-electron chi connectivity index (χ1n) is 7.10. The summed E-state index contributed by atoms with van der Waals surface area (Å²) in [6, 6.07) is 7.00. The van der Waals surface area contributed by atoms with Crippen molar-refractivity contribution in [2.24, 2.45) is 5.73 Å². The number of nitrogens with zero attached hydrogens (tertiary/aromatic N) is 2. The van der Waals surface area contributed by atoms with Gasteiger partial charge in [0.1, 0.15) is 12.1 Å². The van der Waals surface area contributed by atoms with Crippen molar-refractivity contribution < 1.29 is 9.53 Å². The third-order valence-electron chi connectivity index (χ3n) is 3.13. The predicted octanol–water partition coefficient (Wildman–Crippen LogP) is 3.32. The van der Waals surface area contributed by atoms with E-state index in [0.717, 1.165) is 15.9 Å².